The molecule has 2 N–H and O–H groups in total. The first-order valence-electron chi connectivity index (χ1n) is 11.1. The Labute approximate surface area is 205 Å². The van der Waals surface area contributed by atoms with Gasteiger partial charge < -0.3 is 20.3 Å². The Kier molecular flexibility index (Phi) is 11.3. The molecule has 0 saturated heterocycles. The molecule has 0 bridgehead atoms. The minimum atomic E-state index is -0.316. The molecular weight excluding hydrogens is 503 g/mol. The van der Waals surface area contributed by atoms with Gasteiger partial charge in [0.1, 0.15) is 0 Å². The van der Waals surface area contributed by atoms with Crippen molar-refractivity contribution in [3.8, 4) is 0 Å². The third kappa shape index (κ3) is 8.96. The molecule has 0 spiro atoms. The number of ether oxygens (including phenoxy) is 1. The van der Waals surface area contributed by atoms with Crippen LogP contribution in [0.2, 0.25) is 0 Å². The fourth-order valence-corrected chi connectivity index (χ4v) is 3.88. The molecular formula is C24H41IN4O2. The van der Waals surface area contributed by atoms with Crippen molar-refractivity contribution in [2.75, 3.05) is 27.2 Å². The zero-order valence-electron chi connectivity index (χ0n) is 20.1. The summed E-state index contributed by atoms with van der Waals surface area (Å²) in [7, 11) is 3.69. The Bertz CT molecular complexity index is 723. The molecule has 1 aliphatic carbocycles. The Hall–Kier alpha value is -1.35. The first-order valence-corrected chi connectivity index (χ1v) is 11.1. The van der Waals surface area contributed by atoms with E-state index in [9.17, 15) is 4.79 Å². The highest BCUT2D eigenvalue weighted by Crippen LogP contribution is 2.38. The van der Waals surface area contributed by atoms with Crippen LogP contribution in [0.4, 0.5) is 0 Å². The van der Waals surface area contributed by atoms with E-state index in [4.69, 9.17) is 9.73 Å². The van der Waals surface area contributed by atoms with Crippen molar-refractivity contribution >= 4 is 35.8 Å². The van der Waals surface area contributed by atoms with Gasteiger partial charge in [-0.1, -0.05) is 37.1 Å². The van der Waals surface area contributed by atoms with E-state index in [0.717, 1.165) is 49.3 Å². The Balaban J connectivity index is 0.00000480. The van der Waals surface area contributed by atoms with Crippen molar-refractivity contribution in [1.29, 1.82) is 0 Å². The minimum Gasteiger partial charge on any atom is -0.371 e. The number of hydrogen-bond acceptors (Lipinski definition) is 3. The minimum absolute atomic E-state index is 0. The highest BCUT2D eigenvalue weighted by atomic mass is 127. The lowest BCUT2D eigenvalue weighted by Gasteiger charge is -2.31. The number of carbonyl (C=O) groups excluding carboxylic acids is 1. The first kappa shape index (κ1) is 27.7. The quantitative estimate of drug-likeness (QED) is 0.291. The van der Waals surface area contributed by atoms with E-state index in [1.54, 1.807) is 4.90 Å². The average molecular weight is 545 g/mol. The molecule has 1 aromatic carbocycles. The highest BCUT2D eigenvalue weighted by molar-refractivity contribution is 14.0. The molecule has 1 aromatic rings. The largest absolute Gasteiger partial charge is 0.371 e. The maximum absolute atomic E-state index is 12.8. The molecule has 176 valence electrons. The van der Waals surface area contributed by atoms with E-state index in [0.29, 0.717) is 19.7 Å². The third-order valence-corrected chi connectivity index (χ3v) is 5.44. The van der Waals surface area contributed by atoms with Crippen molar-refractivity contribution < 1.29 is 9.53 Å². The van der Waals surface area contributed by atoms with Gasteiger partial charge in [0.2, 0.25) is 5.91 Å². The predicted octanol–water partition coefficient (Wildman–Crippen LogP) is 4.32. The SMILES string of the molecule is CCNC(=NCc1cccc(COC(C)(C)C)c1)NCC1(C(=O)N(C)C)CCCC1.I. The fraction of sp³-hybridized carbons (Fsp3) is 0.667. The van der Waals surface area contributed by atoms with Gasteiger partial charge in [-0.05, 0) is 51.7 Å². The summed E-state index contributed by atoms with van der Waals surface area (Å²) >= 11 is 0. The van der Waals surface area contributed by atoms with E-state index in [1.165, 1.54) is 0 Å². The molecule has 1 saturated carbocycles. The third-order valence-electron chi connectivity index (χ3n) is 5.44. The van der Waals surface area contributed by atoms with Crippen LogP contribution in [-0.4, -0.2) is 49.6 Å². The van der Waals surface area contributed by atoms with Gasteiger partial charge in [0.05, 0.1) is 24.2 Å². The maximum Gasteiger partial charge on any atom is 0.230 e. The molecule has 0 aromatic heterocycles. The molecule has 6 nitrogen and oxygen atoms in total. The van der Waals surface area contributed by atoms with E-state index >= 15 is 0 Å². The molecule has 0 aliphatic heterocycles. The van der Waals surface area contributed by atoms with Crippen molar-refractivity contribution in [2.45, 2.75) is 72.1 Å². The summed E-state index contributed by atoms with van der Waals surface area (Å²) in [5.41, 5.74) is 1.82. The Morgan fingerprint density at radius 1 is 1.16 bits per heavy atom. The lowest BCUT2D eigenvalue weighted by atomic mass is 9.84. The van der Waals surface area contributed by atoms with E-state index in [1.807, 2.05) is 14.1 Å². The standard InChI is InChI=1S/C24H40N4O2.HI/c1-7-25-22(27-18-24(13-8-9-14-24)21(29)28(5)6)26-16-19-11-10-12-20(15-19)17-30-23(2,3)4;/h10-12,15H,7-9,13-14,16-18H2,1-6H3,(H2,25,26,27);1H. The zero-order chi connectivity index (χ0) is 22.2. The van der Waals surface area contributed by atoms with Crippen LogP contribution in [0.3, 0.4) is 0 Å². The molecule has 0 radical (unpaired) electrons. The topological polar surface area (TPSA) is 66.0 Å². The Morgan fingerprint density at radius 3 is 2.39 bits per heavy atom. The van der Waals surface area contributed by atoms with Gasteiger partial charge in [-0.15, -0.1) is 24.0 Å². The normalized spacial score (nSPS) is 15.9. The fourth-order valence-electron chi connectivity index (χ4n) is 3.88. The second-order valence-electron chi connectivity index (χ2n) is 9.46. The van der Waals surface area contributed by atoms with Crippen LogP contribution in [0.5, 0.6) is 0 Å². The average Bonchev–Trinajstić information content (AvgIpc) is 3.18. The van der Waals surface area contributed by atoms with Crippen molar-refractivity contribution in [3.05, 3.63) is 35.4 Å². The highest BCUT2D eigenvalue weighted by Gasteiger charge is 2.42. The number of carbonyl (C=O) groups is 1. The van der Waals surface area contributed by atoms with Crippen LogP contribution in [0.1, 0.15) is 64.5 Å². The molecule has 1 fully saturated rings. The van der Waals surface area contributed by atoms with Crippen LogP contribution >= 0.6 is 24.0 Å². The lowest BCUT2D eigenvalue weighted by Crippen LogP contribution is -2.49. The molecule has 7 heteroatoms. The summed E-state index contributed by atoms with van der Waals surface area (Å²) in [6.07, 6.45) is 4.09. The number of nitrogens with zero attached hydrogens (tertiary/aromatic N) is 2. The smallest absolute Gasteiger partial charge is 0.230 e. The summed E-state index contributed by atoms with van der Waals surface area (Å²) in [6, 6.07) is 8.36. The number of hydrogen-bond donors (Lipinski definition) is 2. The molecule has 1 aliphatic rings. The molecule has 0 unspecified atom stereocenters. The van der Waals surface area contributed by atoms with E-state index < -0.39 is 0 Å². The van der Waals surface area contributed by atoms with Crippen LogP contribution in [0.15, 0.2) is 29.3 Å². The number of rotatable bonds is 8. The van der Waals surface area contributed by atoms with Crippen molar-refractivity contribution in [1.82, 2.24) is 15.5 Å². The summed E-state index contributed by atoms with van der Waals surface area (Å²) in [4.78, 5) is 19.3. The second kappa shape index (κ2) is 12.6. The maximum atomic E-state index is 12.8. The Morgan fingerprint density at radius 2 is 1.81 bits per heavy atom. The van der Waals surface area contributed by atoms with E-state index in [-0.39, 0.29) is 40.9 Å². The van der Waals surface area contributed by atoms with Crippen LogP contribution < -0.4 is 10.6 Å². The number of aliphatic imine (C=N–C) groups is 1. The number of guanidine groups is 1. The van der Waals surface area contributed by atoms with Crippen molar-refractivity contribution in [3.63, 3.8) is 0 Å². The summed E-state index contributed by atoms with van der Waals surface area (Å²) in [6.45, 7) is 10.8. The summed E-state index contributed by atoms with van der Waals surface area (Å²) in [5.74, 6) is 0.974. The van der Waals surface area contributed by atoms with Gasteiger partial charge in [0.15, 0.2) is 5.96 Å². The van der Waals surface area contributed by atoms with Gasteiger partial charge in [0.25, 0.3) is 0 Å². The second-order valence-corrected chi connectivity index (χ2v) is 9.46. The molecule has 0 heterocycles. The number of nitrogens with one attached hydrogen (secondary N) is 2. The summed E-state index contributed by atoms with van der Waals surface area (Å²) < 4.78 is 5.89. The first-order chi connectivity index (χ1) is 14.1. The van der Waals surface area contributed by atoms with Gasteiger partial charge in [-0.3, -0.25) is 4.79 Å². The molecule has 0 atom stereocenters. The zero-order valence-corrected chi connectivity index (χ0v) is 22.4. The monoisotopic (exact) mass is 544 g/mol. The number of amides is 1. The van der Waals surface area contributed by atoms with Gasteiger partial charge in [-0.2, -0.15) is 0 Å². The molecule has 2 rings (SSSR count). The van der Waals surface area contributed by atoms with Crippen LogP contribution in [0, 0.1) is 5.41 Å². The van der Waals surface area contributed by atoms with Crippen LogP contribution in [0.25, 0.3) is 0 Å². The van der Waals surface area contributed by atoms with E-state index in [2.05, 4.69) is 62.6 Å². The molecule has 31 heavy (non-hydrogen) atoms. The molecule has 1 amide bonds. The van der Waals surface area contributed by atoms with Gasteiger partial charge in [0, 0.05) is 27.2 Å². The van der Waals surface area contributed by atoms with Gasteiger partial charge >= 0.3 is 0 Å². The number of benzene rings is 1. The van der Waals surface area contributed by atoms with Crippen LogP contribution in [-0.2, 0) is 22.7 Å². The van der Waals surface area contributed by atoms with Gasteiger partial charge in [-0.25, -0.2) is 4.99 Å². The lowest BCUT2D eigenvalue weighted by molar-refractivity contribution is -0.138. The predicted molar refractivity (Wildman–Crippen MR) is 139 cm³/mol. The van der Waals surface area contributed by atoms with Crippen molar-refractivity contribution in [2.24, 2.45) is 10.4 Å². The summed E-state index contributed by atoms with van der Waals surface area (Å²) in [5, 5.41) is 6.75. The number of halogens is 1.